The Balaban J connectivity index is 1.88. The molecule has 0 bridgehead atoms. The number of nitrogens with zero attached hydrogens (tertiary/aromatic N) is 2. The number of methoxy groups -OCH3 is 1. The van der Waals surface area contributed by atoms with Gasteiger partial charge in [-0.05, 0) is 42.9 Å². The average Bonchev–Trinajstić information content (AvgIpc) is 3.27. The summed E-state index contributed by atoms with van der Waals surface area (Å²) in [4.78, 5) is 50.1. The average molecular weight is 419 g/mol. The molecule has 10 nitrogen and oxygen atoms in total. The number of carboxylic acid groups (broad SMARTS) is 2. The number of benzene rings is 1. The van der Waals surface area contributed by atoms with Gasteiger partial charge in [-0.3, -0.25) is 14.5 Å². The molecule has 1 aliphatic heterocycles. The van der Waals surface area contributed by atoms with Gasteiger partial charge in [-0.1, -0.05) is 6.42 Å². The SMILES string of the molecule is COc1cc(C(=O)N2C[C@@H]3CCC[C@@H]3[C@@H]2C(=O)O)ccc1N(CCC(=O)O)C(N)=O. The van der Waals surface area contributed by atoms with Crippen molar-refractivity contribution in [3.05, 3.63) is 23.8 Å². The first-order chi connectivity index (χ1) is 14.2. The van der Waals surface area contributed by atoms with E-state index < -0.39 is 29.9 Å². The van der Waals surface area contributed by atoms with E-state index in [1.807, 2.05) is 0 Å². The van der Waals surface area contributed by atoms with E-state index in [0.29, 0.717) is 6.54 Å². The number of likely N-dealkylation sites (tertiary alicyclic amines) is 1. The normalized spacial score (nSPS) is 22.4. The quantitative estimate of drug-likeness (QED) is 0.604. The van der Waals surface area contributed by atoms with Crippen LogP contribution in [0.5, 0.6) is 5.75 Å². The Morgan fingerprint density at radius 1 is 1.23 bits per heavy atom. The zero-order valence-electron chi connectivity index (χ0n) is 16.6. The number of amides is 3. The number of nitrogens with two attached hydrogens (primary N) is 1. The van der Waals surface area contributed by atoms with Gasteiger partial charge >= 0.3 is 18.0 Å². The molecule has 2 fully saturated rings. The van der Waals surface area contributed by atoms with E-state index in [0.717, 1.165) is 24.2 Å². The highest BCUT2D eigenvalue weighted by molar-refractivity contribution is 5.99. The topological polar surface area (TPSA) is 150 Å². The van der Waals surface area contributed by atoms with E-state index in [-0.39, 0.29) is 41.8 Å². The van der Waals surface area contributed by atoms with Gasteiger partial charge < -0.3 is 25.6 Å². The molecule has 0 aromatic heterocycles. The number of fused-ring (bicyclic) bond motifs is 1. The molecule has 1 saturated carbocycles. The minimum Gasteiger partial charge on any atom is -0.495 e. The smallest absolute Gasteiger partial charge is 0.326 e. The standard InChI is InChI=1S/C20H25N3O7/c1-30-15-9-11(5-6-14(15)22(20(21)29)8-7-16(24)25)18(26)23-10-12-3-2-4-13(12)17(23)19(27)28/h5-6,9,12-13,17H,2-4,7-8,10H2,1H3,(H2,21,29)(H,24,25)(H,27,28)/t12-,13-,17+/m0/s1. The van der Waals surface area contributed by atoms with Crippen LogP contribution in [0.4, 0.5) is 10.5 Å². The van der Waals surface area contributed by atoms with Crippen molar-refractivity contribution in [2.45, 2.75) is 31.7 Å². The largest absolute Gasteiger partial charge is 0.495 e. The van der Waals surface area contributed by atoms with Gasteiger partial charge in [0.25, 0.3) is 5.91 Å². The third-order valence-corrected chi connectivity index (χ3v) is 5.94. The molecule has 1 aromatic rings. The van der Waals surface area contributed by atoms with Crippen LogP contribution < -0.4 is 15.4 Å². The third kappa shape index (κ3) is 4.03. The summed E-state index contributed by atoms with van der Waals surface area (Å²) < 4.78 is 5.30. The summed E-state index contributed by atoms with van der Waals surface area (Å²) in [6, 6.07) is 2.62. The molecular weight excluding hydrogens is 394 g/mol. The van der Waals surface area contributed by atoms with E-state index >= 15 is 0 Å². The summed E-state index contributed by atoms with van der Waals surface area (Å²) in [5.41, 5.74) is 5.84. The number of aliphatic carboxylic acids is 2. The van der Waals surface area contributed by atoms with Crippen LogP contribution in [0.15, 0.2) is 18.2 Å². The molecule has 1 saturated heterocycles. The van der Waals surface area contributed by atoms with Gasteiger partial charge in [-0.2, -0.15) is 0 Å². The Bertz CT molecular complexity index is 872. The molecule has 3 atom stereocenters. The number of carbonyl (C=O) groups excluding carboxylic acids is 2. The van der Waals surface area contributed by atoms with E-state index in [1.165, 1.54) is 30.2 Å². The summed E-state index contributed by atoms with van der Waals surface area (Å²) in [6.45, 7) is 0.238. The van der Waals surface area contributed by atoms with Gasteiger partial charge in [-0.25, -0.2) is 9.59 Å². The molecule has 2 aliphatic rings. The predicted octanol–water partition coefficient (Wildman–Crippen LogP) is 1.38. The lowest BCUT2D eigenvalue weighted by molar-refractivity contribution is -0.142. The number of carboxylic acids is 2. The van der Waals surface area contributed by atoms with Crippen molar-refractivity contribution in [3.63, 3.8) is 0 Å². The predicted molar refractivity (Wildman–Crippen MR) is 105 cm³/mol. The van der Waals surface area contributed by atoms with Gasteiger partial charge in [-0.15, -0.1) is 0 Å². The Morgan fingerprint density at radius 3 is 2.57 bits per heavy atom. The Labute approximate surface area is 173 Å². The number of rotatable bonds is 7. The molecule has 0 spiro atoms. The number of urea groups is 1. The number of primary amides is 1. The van der Waals surface area contributed by atoms with Crippen LogP contribution in [-0.2, 0) is 9.59 Å². The minimum absolute atomic E-state index is 0.0333. The van der Waals surface area contributed by atoms with Crippen LogP contribution in [0.1, 0.15) is 36.0 Å². The van der Waals surface area contributed by atoms with Gasteiger partial charge in [0.15, 0.2) is 0 Å². The zero-order chi connectivity index (χ0) is 22.0. The molecule has 1 aliphatic carbocycles. The molecule has 3 rings (SSSR count). The van der Waals surface area contributed by atoms with Crippen LogP contribution in [-0.4, -0.2) is 65.2 Å². The number of hydrogen-bond acceptors (Lipinski definition) is 5. The Morgan fingerprint density at radius 2 is 1.97 bits per heavy atom. The third-order valence-electron chi connectivity index (χ3n) is 5.94. The van der Waals surface area contributed by atoms with Crippen molar-refractivity contribution < 1.29 is 34.1 Å². The van der Waals surface area contributed by atoms with E-state index in [1.54, 1.807) is 0 Å². The van der Waals surface area contributed by atoms with E-state index in [4.69, 9.17) is 15.6 Å². The summed E-state index contributed by atoms with van der Waals surface area (Å²) in [6.07, 6.45) is 2.37. The molecule has 30 heavy (non-hydrogen) atoms. The fourth-order valence-corrected chi connectivity index (χ4v) is 4.59. The Hall–Kier alpha value is -3.30. The van der Waals surface area contributed by atoms with E-state index in [2.05, 4.69) is 0 Å². The van der Waals surface area contributed by atoms with Crippen molar-refractivity contribution >= 4 is 29.6 Å². The minimum atomic E-state index is -1.09. The molecule has 0 radical (unpaired) electrons. The fraction of sp³-hybridized carbons (Fsp3) is 0.500. The van der Waals surface area contributed by atoms with Crippen LogP contribution in [0.25, 0.3) is 0 Å². The number of ether oxygens (including phenoxy) is 1. The second-order valence-electron chi connectivity index (χ2n) is 7.62. The monoisotopic (exact) mass is 419 g/mol. The highest BCUT2D eigenvalue weighted by atomic mass is 16.5. The lowest BCUT2D eigenvalue weighted by Crippen LogP contribution is -2.43. The number of carbonyl (C=O) groups is 4. The van der Waals surface area contributed by atoms with Crippen molar-refractivity contribution in [1.82, 2.24) is 4.90 Å². The maximum absolute atomic E-state index is 13.1. The van der Waals surface area contributed by atoms with Gasteiger partial charge in [0, 0.05) is 18.7 Å². The van der Waals surface area contributed by atoms with Crippen molar-refractivity contribution in [2.24, 2.45) is 17.6 Å². The van der Waals surface area contributed by atoms with Crippen LogP contribution in [0, 0.1) is 11.8 Å². The number of anilines is 1. The van der Waals surface area contributed by atoms with Crippen molar-refractivity contribution in [3.8, 4) is 5.75 Å². The van der Waals surface area contributed by atoms with Crippen molar-refractivity contribution in [2.75, 3.05) is 25.1 Å². The highest BCUT2D eigenvalue weighted by Crippen LogP contribution is 2.43. The fourth-order valence-electron chi connectivity index (χ4n) is 4.59. The molecule has 3 amide bonds. The maximum atomic E-state index is 13.1. The highest BCUT2D eigenvalue weighted by Gasteiger charge is 2.49. The molecule has 10 heteroatoms. The lowest BCUT2D eigenvalue weighted by Gasteiger charge is -2.26. The van der Waals surface area contributed by atoms with Gasteiger partial charge in [0.1, 0.15) is 11.8 Å². The molecule has 1 aromatic carbocycles. The Kier molecular flexibility index (Phi) is 6.14. The van der Waals surface area contributed by atoms with Crippen LogP contribution in [0.3, 0.4) is 0 Å². The first-order valence-electron chi connectivity index (χ1n) is 9.75. The van der Waals surface area contributed by atoms with Crippen LogP contribution >= 0.6 is 0 Å². The summed E-state index contributed by atoms with van der Waals surface area (Å²) in [7, 11) is 1.35. The molecular formula is C20H25N3O7. The summed E-state index contributed by atoms with van der Waals surface area (Å²) >= 11 is 0. The zero-order valence-corrected chi connectivity index (χ0v) is 16.6. The summed E-state index contributed by atoms with van der Waals surface area (Å²) in [5, 5.41) is 18.6. The summed E-state index contributed by atoms with van der Waals surface area (Å²) in [5.74, 6) is -2.19. The van der Waals surface area contributed by atoms with Gasteiger partial charge in [0.2, 0.25) is 0 Å². The van der Waals surface area contributed by atoms with Crippen molar-refractivity contribution in [1.29, 1.82) is 0 Å². The molecule has 0 unspecified atom stereocenters. The second kappa shape index (κ2) is 8.60. The lowest BCUT2D eigenvalue weighted by atomic mass is 9.94. The van der Waals surface area contributed by atoms with E-state index in [9.17, 15) is 24.3 Å². The van der Waals surface area contributed by atoms with Gasteiger partial charge in [0.05, 0.1) is 19.2 Å². The maximum Gasteiger partial charge on any atom is 0.326 e. The number of hydrogen-bond donors (Lipinski definition) is 3. The van der Waals surface area contributed by atoms with Crippen LogP contribution in [0.2, 0.25) is 0 Å². The molecule has 1 heterocycles. The second-order valence-corrected chi connectivity index (χ2v) is 7.62. The first kappa shape index (κ1) is 21.4. The molecule has 162 valence electrons. The first-order valence-corrected chi connectivity index (χ1v) is 9.75. The molecule has 4 N–H and O–H groups in total.